The van der Waals surface area contributed by atoms with Crippen molar-refractivity contribution >= 4 is 11.9 Å². The Kier molecular flexibility index (Phi) is 6.39. The van der Waals surface area contributed by atoms with Crippen molar-refractivity contribution in [1.82, 2.24) is 0 Å². The molecule has 132 valence electrons. The molecule has 1 N–H and O–H groups in total. The predicted molar refractivity (Wildman–Crippen MR) is 91.2 cm³/mol. The molecule has 0 amide bonds. The number of methoxy groups -OCH3 is 1. The van der Waals surface area contributed by atoms with Crippen LogP contribution in [0, 0.1) is 0 Å². The third kappa shape index (κ3) is 4.97. The highest BCUT2D eigenvalue weighted by molar-refractivity contribution is 5.94. The maximum Gasteiger partial charge on any atom is 0.343 e. The van der Waals surface area contributed by atoms with Gasteiger partial charge in [0.05, 0.1) is 19.3 Å². The van der Waals surface area contributed by atoms with Crippen molar-refractivity contribution in [2.24, 2.45) is 0 Å². The second kappa shape index (κ2) is 8.73. The minimum atomic E-state index is -0.719. The van der Waals surface area contributed by atoms with Gasteiger partial charge in [-0.2, -0.15) is 0 Å². The van der Waals surface area contributed by atoms with Crippen LogP contribution in [-0.2, 0) is 4.74 Å². The van der Waals surface area contributed by atoms with E-state index >= 15 is 0 Å². The van der Waals surface area contributed by atoms with Gasteiger partial charge >= 0.3 is 11.9 Å². The van der Waals surface area contributed by atoms with E-state index in [0.29, 0.717) is 17.9 Å². The number of benzene rings is 2. The second-order valence-electron chi connectivity index (χ2n) is 5.29. The molecule has 2 rings (SSSR count). The SMILES string of the molecule is CCCCOc1ccc(C(=O)Oc2ccc(O)c(C(=O)OC)c2)cc1. The fraction of sp³-hybridized carbons (Fsp3) is 0.263. The zero-order valence-corrected chi connectivity index (χ0v) is 14.2. The molecule has 0 unspecified atom stereocenters. The molecule has 0 bridgehead atoms. The number of phenols is 1. The molecule has 0 heterocycles. The van der Waals surface area contributed by atoms with E-state index in [2.05, 4.69) is 11.7 Å². The monoisotopic (exact) mass is 344 g/mol. The number of unbranched alkanes of at least 4 members (excludes halogenated alkanes) is 1. The van der Waals surface area contributed by atoms with Crippen molar-refractivity contribution in [2.75, 3.05) is 13.7 Å². The Morgan fingerprint density at radius 3 is 2.32 bits per heavy atom. The fourth-order valence-electron chi connectivity index (χ4n) is 2.04. The third-order valence-electron chi connectivity index (χ3n) is 3.44. The van der Waals surface area contributed by atoms with Crippen molar-refractivity contribution in [3.63, 3.8) is 0 Å². The van der Waals surface area contributed by atoms with Crippen molar-refractivity contribution in [3.05, 3.63) is 53.6 Å². The predicted octanol–water partition coefficient (Wildman–Crippen LogP) is 3.58. The smallest absolute Gasteiger partial charge is 0.343 e. The number of ether oxygens (including phenoxy) is 3. The lowest BCUT2D eigenvalue weighted by Gasteiger charge is -2.08. The normalized spacial score (nSPS) is 10.2. The molecule has 2 aromatic carbocycles. The first kappa shape index (κ1) is 18.3. The van der Waals surface area contributed by atoms with Crippen LogP contribution in [0.4, 0.5) is 0 Å². The molecule has 6 heteroatoms. The Morgan fingerprint density at radius 2 is 1.68 bits per heavy atom. The molecule has 0 saturated heterocycles. The van der Waals surface area contributed by atoms with Crippen LogP contribution in [0.25, 0.3) is 0 Å². The Morgan fingerprint density at radius 1 is 1.00 bits per heavy atom. The van der Waals surface area contributed by atoms with E-state index in [-0.39, 0.29) is 17.1 Å². The van der Waals surface area contributed by atoms with E-state index in [1.165, 1.54) is 25.3 Å². The van der Waals surface area contributed by atoms with Gasteiger partial charge in [0.2, 0.25) is 0 Å². The largest absolute Gasteiger partial charge is 0.507 e. The van der Waals surface area contributed by atoms with Gasteiger partial charge in [-0.25, -0.2) is 9.59 Å². The van der Waals surface area contributed by atoms with Gasteiger partial charge in [-0.3, -0.25) is 0 Å². The van der Waals surface area contributed by atoms with Gasteiger partial charge in [-0.15, -0.1) is 0 Å². The number of esters is 2. The number of rotatable bonds is 7. The zero-order valence-electron chi connectivity index (χ0n) is 14.2. The van der Waals surface area contributed by atoms with Crippen LogP contribution in [0.1, 0.15) is 40.5 Å². The molecule has 0 aromatic heterocycles. The second-order valence-corrected chi connectivity index (χ2v) is 5.29. The molecule has 0 aliphatic carbocycles. The van der Waals surface area contributed by atoms with E-state index in [9.17, 15) is 14.7 Å². The van der Waals surface area contributed by atoms with Crippen LogP contribution in [0.2, 0.25) is 0 Å². The van der Waals surface area contributed by atoms with E-state index in [1.54, 1.807) is 24.3 Å². The van der Waals surface area contributed by atoms with Crippen LogP contribution in [0.5, 0.6) is 17.2 Å². The quantitative estimate of drug-likeness (QED) is 0.470. The molecule has 0 aliphatic rings. The lowest BCUT2D eigenvalue weighted by atomic mass is 10.2. The van der Waals surface area contributed by atoms with Gasteiger partial charge in [-0.1, -0.05) is 13.3 Å². The van der Waals surface area contributed by atoms with E-state index in [0.717, 1.165) is 12.8 Å². The van der Waals surface area contributed by atoms with Gasteiger partial charge in [0.1, 0.15) is 22.8 Å². The van der Waals surface area contributed by atoms with Gasteiger partial charge in [0.25, 0.3) is 0 Å². The highest BCUT2D eigenvalue weighted by atomic mass is 16.5. The summed E-state index contributed by atoms with van der Waals surface area (Å²) in [6, 6.07) is 10.5. The Hall–Kier alpha value is -3.02. The highest BCUT2D eigenvalue weighted by Gasteiger charge is 2.15. The summed E-state index contributed by atoms with van der Waals surface area (Å²) in [5.74, 6) is -0.736. The molecule has 0 spiro atoms. The van der Waals surface area contributed by atoms with E-state index in [1.807, 2.05) is 0 Å². The van der Waals surface area contributed by atoms with Crippen molar-refractivity contribution < 1.29 is 28.9 Å². The van der Waals surface area contributed by atoms with Gasteiger partial charge in [0.15, 0.2) is 0 Å². The molecule has 6 nitrogen and oxygen atoms in total. The molecule has 0 fully saturated rings. The number of carbonyl (C=O) groups excluding carboxylic acids is 2. The number of carbonyl (C=O) groups is 2. The first-order chi connectivity index (χ1) is 12.0. The van der Waals surface area contributed by atoms with Crippen molar-refractivity contribution in [1.29, 1.82) is 0 Å². The maximum atomic E-state index is 12.2. The summed E-state index contributed by atoms with van der Waals surface area (Å²) in [6.07, 6.45) is 2.01. The van der Waals surface area contributed by atoms with Crippen LogP contribution in [0.15, 0.2) is 42.5 Å². The van der Waals surface area contributed by atoms with Gasteiger partial charge in [-0.05, 0) is 48.9 Å². The average molecular weight is 344 g/mol. The molecule has 0 radical (unpaired) electrons. The van der Waals surface area contributed by atoms with E-state index < -0.39 is 11.9 Å². The Balaban J connectivity index is 2.05. The highest BCUT2D eigenvalue weighted by Crippen LogP contribution is 2.24. The van der Waals surface area contributed by atoms with Gasteiger partial charge in [0, 0.05) is 0 Å². The summed E-state index contributed by atoms with van der Waals surface area (Å²) in [4.78, 5) is 23.7. The first-order valence-corrected chi connectivity index (χ1v) is 7.91. The lowest BCUT2D eigenvalue weighted by molar-refractivity contribution is 0.0594. The zero-order chi connectivity index (χ0) is 18.2. The first-order valence-electron chi connectivity index (χ1n) is 7.91. The lowest BCUT2D eigenvalue weighted by Crippen LogP contribution is -2.09. The number of aromatic hydroxyl groups is 1. The fourth-order valence-corrected chi connectivity index (χ4v) is 2.04. The standard InChI is InChI=1S/C19H20O6/c1-3-4-11-24-14-7-5-13(6-8-14)18(21)25-15-9-10-17(20)16(12-15)19(22)23-2/h5-10,12,20H,3-4,11H2,1-2H3. The van der Waals surface area contributed by atoms with Crippen LogP contribution < -0.4 is 9.47 Å². The Bertz CT molecular complexity index is 736. The molecular formula is C19H20O6. The summed E-state index contributed by atoms with van der Waals surface area (Å²) in [7, 11) is 1.20. The van der Waals surface area contributed by atoms with Crippen LogP contribution >= 0.6 is 0 Å². The van der Waals surface area contributed by atoms with E-state index in [4.69, 9.17) is 9.47 Å². The molecule has 0 saturated carbocycles. The maximum absolute atomic E-state index is 12.2. The number of phenolic OH excluding ortho intramolecular Hbond substituents is 1. The summed E-state index contributed by atoms with van der Waals surface area (Å²) < 4.78 is 15.3. The van der Waals surface area contributed by atoms with Gasteiger partial charge < -0.3 is 19.3 Å². The van der Waals surface area contributed by atoms with Crippen molar-refractivity contribution in [2.45, 2.75) is 19.8 Å². The molecule has 25 heavy (non-hydrogen) atoms. The van der Waals surface area contributed by atoms with Crippen LogP contribution in [-0.4, -0.2) is 30.8 Å². The Labute approximate surface area is 146 Å². The third-order valence-corrected chi connectivity index (χ3v) is 3.44. The minimum Gasteiger partial charge on any atom is -0.507 e. The molecular weight excluding hydrogens is 324 g/mol. The summed E-state index contributed by atoms with van der Waals surface area (Å²) in [5.41, 5.74) is 0.267. The van der Waals surface area contributed by atoms with Crippen LogP contribution in [0.3, 0.4) is 0 Å². The number of hydrogen-bond acceptors (Lipinski definition) is 6. The molecule has 0 atom stereocenters. The number of hydrogen-bond donors (Lipinski definition) is 1. The molecule has 0 aliphatic heterocycles. The molecule has 2 aromatic rings. The summed E-state index contributed by atoms with van der Waals surface area (Å²) in [6.45, 7) is 2.71. The summed E-state index contributed by atoms with van der Waals surface area (Å²) in [5, 5.41) is 9.65. The topological polar surface area (TPSA) is 82.1 Å². The average Bonchev–Trinajstić information content (AvgIpc) is 2.63. The summed E-state index contributed by atoms with van der Waals surface area (Å²) >= 11 is 0. The van der Waals surface area contributed by atoms with Crippen molar-refractivity contribution in [3.8, 4) is 17.2 Å². The minimum absolute atomic E-state index is 0.0764.